The van der Waals surface area contributed by atoms with Gasteiger partial charge in [-0.2, -0.15) is 0 Å². The molecule has 150 valence electrons. The van der Waals surface area contributed by atoms with E-state index >= 15 is 0 Å². The number of ether oxygens (including phenoxy) is 1. The van der Waals surface area contributed by atoms with Crippen molar-refractivity contribution in [3.8, 4) is 0 Å². The van der Waals surface area contributed by atoms with Gasteiger partial charge < -0.3 is 4.74 Å². The molecule has 0 unspecified atom stereocenters. The lowest BCUT2D eigenvalue weighted by molar-refractivity contribution is 0.126. The first-order valence-corrected chi connectivity index (χ1v) is 12.6. The van der Waals surface area contributed by atoms with Gasteiger partial charge in [-0.05, 0) is 56.2 Å². The number of hydrogen-bond acceptors (Lipinski definition) is 3. The molecule has 0 saturated heterocycles. The van der Waals surface area contributed by atoms with E-state index in [4.69, 9.17) is 4.74 Å². The van der Waals surface area contributed by atoms with Crippen molar-refractivity contribution >= 4 is 31.6 Å². The minimum Gasteiger partial charge on any atom is -0.381 e. The second-order valence-corrected chi connectivity index (χ2v) is 9.28. The van der Waals surface area contributed by atoms with E-state index in [0.717, 1.165) is 50.6 Å². The summed E-state index contributed by atoms with van der Waals surface area (Å²) < 4.78 is 32.1. The zero-order valence-electron chi connectivity index (χ0n) is 16.0. The fourth-order valence-electron chi connectivity index (χ4n) is 2.59. The molecule has 0 atom stereocenters. The summed E-state index contributed by atoms with van der Waals surface area (Å²) in [5.41, 5.74) is 1.88. The van der Waals surface area contributed by atoms with Crippen molar-refractivity contribution < 1.29 is 13.2 Å². The Morgan fingerprint density at radius 1 is 0.923 bits per heavy atom. The highest BCUT2D eigenvalue weighted by molar-refractivity contribution is 9.09. The molecule has 0 aliphatic rings. The number of nitrogens with one attached hydrogen (secondary N) is 1. The Bertz CT molecular complexity index is 561. The molecule has 0 aliphatic carbocycles. The molecule has 0 fully saturated rings. The maximum absolute atomic E-state index is 11.9. The Morgan fingerprint density at radius 2 is 1.58 bits per heavy atom. The molecule has 0 aromatic heterocycles. The number of halogens is 1. The summed E-state index contributed by atoms with van der Waals surface area (Å²) in [5, 5.41) is 1.10. The molecule has 0 spiro atoms. The smallest absolute Gasteiger partial charge is 0.232 e. The van der Waals surface area contributed by atoms with Gasteiger partial charge >= 0.3 is 0 Å². The van der Waals surface area contributed by atoms with E-state index in [9.17, 15) is 8.42 Å². The van der Waals surface area contributed by atoms with Gasteiger partial charge in [-0.15, -0.1) is 0 Å². The lowest BCUT2D eigenvalue weighted by atomic mass is 10.1. The Balaban J connectivity index is 2.13. The summed E-state index contributed by atoms with van der Waals surface area (Å²) in [5.74, 6) is 0.182. The van der Waals surface area contributed by atoms with E-state index in [-0.39, 0.29) is 5.75 Å². The van der Waals surface area contributed by atoms with Crippen LogP contribution < -0.4 is 4.72 Å². The fourth-order valence-corrected chi connectivity index (χ4v) is 4.25. The van der Waals surface area contributed by atoms with Crippen LogP contribution in [0, 0.1) is 0 Å². The van der Waals surface area contributed by atoms with Crippen LogP contribution in [0.4, 0.5) is 5.69 Å². The number of rotatable bonds is 16. The van der Waals surface area contributed by atoms with Crippen LogP contribution in [0.1, 0.15) is 63.9 Å². The number of unbranched alkanes of at least 4 members (excludes halogenated alkanes) is 5. The van der Waals surface area contributed by atoms with Crippen LogP contribution in [0.5, 0.6) is 0 Å². The Kier molecular flexibility index (Phi) is 13.0. The van der Waals surface area contributed by atoms with Crippen molar-refractivity contribution in [2.24, 2.45) is 0 Å². The molecule has 0 aliphatic heterocycles. The minimum absolute atomic E-state index is 0.182. The van der Waals surface area contributed by atoms with Crippen LogP contribution in [-0.4, -0.2) is 32.7 Å². The zero-order chi connectivity index (χ0) is 19.1. The van der Waals surface area contributed by atoms with Crippen molar-refractivity contribution in [1.82, 2.24) is 0 Å². The number of hydrogen-bond donors (Lipinski definition) is 1. The van der Waals surface area contributed by atoms with Crippen molar-refractivity contribution in [3.63, 3.8) is 0 Å². The first-order chi connectivity index (χ1) is 12.6. The second-order valence-electron chi connectivity index (χ2n) is 6.64. The third-order valence-corrected chi connectivity index (χ3v) is 6.10. The monoisotopic (exact) mass is 447 g/mol. The SMILES string of the molecule is CCCCS(=O)(=O)Nc1ccc(CCCCOCCCCCCBr)cc1. The molecular formula is C20H34BrNO3S. The van der Waals surface area contributed by atoms with E-state index in [2.05, 4.69) is 20.7 Å². The van der Waals surface area contributed by atoms with Crippen LogP contribution in [0.15, 0.2) is 24.3 Å². The second kappa shape index (κ2) is 14.5. The number of alkyl halides is 1. The summed E-state index contributed by atoms with van der Waals surface area (Å²) in [4.78, 5) is 0. The third-order valence-electron chi connectivity index (χ3n) is 4.17. The van der Waals surface area contributed by atoms with Crippen LogP contribution >= 0.6 is 15.9 Å². The summed E-state index contributed by atoms with van der Waals surface area (Å²) in [6, 6.07) is 7.70. The molecule has 1 rings (SSSR count). The predicted molar refractivity (Wildman–Crippen MR) is 115 cm³/mol. The molecule has 0 amide bonds. The Hall–Kier alpha value is -0.590. The summed E-state index contributed by atoms with van der Waals surface area (Å²) in [7, 11) is -3.22. The highest BCUT2D eigenvalue weighted by Crippen LogP contribution is 2.14. The normalized spacial score (nSPS) is 11.6. The maximum atomic E-state index is 11.9. The van der Waals surface area contributed by atoms with Crippen LogP contribution in [0.3, 0.4) is 0 Å². The van der Waals surface area contributed by atoms with Crippen molar-refractivity contribution in [2.45, 2.75) is 64.7 Å². The van der Waals surface area contributed by atoms with Gasteiger partial charge in [0.05, 0.1) is 5.75 Å². The lowest BCUT2D eigenvalue weighted by Gasteiger charge is -2.08. The lowest BCUT2D eigenvalue weighted by Crippen LogP contribution is -2.16. The number of aryl methyl sites for hydroxylation is 1. The number of sulfonamides is 1. The van der Waals surface area contributed by atoms with Crippen molar-refractivity contribution in [1.29, 1.82) is 0 Å². The molecule has 26 heavy (non-hydrogen) atoms. The Morgan fingerprint density at radius 3 is 2.23 bits per heavy atom. The van der Waals surface area contributed by atoms with E-state index in [1.54, 1.807) is 0 Å². The molecule has 0 heterocycles. The van der Waals surface area contributed by atoms with Gasteiger partial charge in [-0.1, -0.05) is 54.2 Å². The number of anilines is 1. The van der Waals surface area contributed by atoms with E-state index < -0.39 is 10.0 Å². The third kappa shape index (κ3) is 11.9. The number of benzene rings is 1. The average molecular weight is 448 g/mol. The van der Waals surface area contributed by atoms with Crippen LogP contribution in [-0.2, 0) is 21.2 Å². The van der Waals surface area contributed by atoms with Gasteiger partial charge in [0.2, 0.25) is 10.0 Å². The predicted octanol–water partition coefficient (Wildman–Crippen LogP) is 5.52. The van der Waals surface area contributed by atoms with Gasteiger partial charge in [-0.25, -0.2) is 8.42 Å². The molecule has 6 heteroatoms. The van der Waals surface area contributed by atoms with Gasteiger partial charge in [0.15, 0.2) is 0 Å². The largest absolute Gasteiger partial charge is 0.381 e. The standard InChI is InChI=1S/C20H34BrNO3S/c1-2-3-18-26(23,24)22-20-13-11-19(12-14-20)10-6-9-17-25-16-8-5-4-7-15-21/h11-14,22H,2-10,15-18H2,1H3. The minimum atomic E-state index is -3.22. The Labute approximate surface area is 168 Å². The van der Waals surface area contributed by atoms with Gasteiger partial charge in [0.1, 0.15) is 0 Å². The molecule has 0 radical (unpaired) electrons. The van der Waals surface area contributed by atoms with Gasteiger partial charge in [-0.3, -0.25) is 4.72 Å². The molecule has 0 bridgehead atoms. The zero-order valence-corrected chi connectivity index (χ0v) is 18.4. The highest BCUT2D eigenvalue weighted by atomic mass is 79.9. The molecule has 1 N–H and O–H groups in total. The summed E-state index contributed by atoms with van der Waals surface area (Å²) in [6.07, 6.45) is 9.64. The fraction of sp³-hybridized carbons (Fsp3) is 0.700. The topological polar surface area (TPSA) is 55.4 Å². The molecule has 1 aromatic carbocycles. The summed E-state index contributed by atoms with van der Waals surface area (Å²) in [6.45, 7) is 3.68. The molecular weight excluding hydrogens is 414 g/mol. The van der Waals surface area contributed by atoms with Crippen molar-refractivity contribution in [3.05, 3.63) is 29.8 Å². The van der Waals surface area contributed by atoms with E-state index in [0.29, 0.717) is 12.1 Å². The summed E-state index contributed by atoms with van der Waals surface area (Å²) >= 11 is 3.44. The maximum Gasteiger partial charge on any atom is 0.232 e. The van der Waals surface area contributed by atoms with Crippen LogP contribution in [0.25, 0.3) is 0 Å². The highest BCUT2D eigenvalue weighted by Gasteiger charge is 2.09. The first-order valence-electron chi connectivity index (χ1n) is 9.80. The van der Waals surface area contributed by atoms with Gasteiger partial charge in [0, 0.05) is 24.2 Å². The molecule has 0 saturated carbocycles. The molecule has 4 nitrogen and oxygen atoms in total. The van der Waals surface area contributed by atoms with E-state index in [1.807, 2.05) is 31.2 Å². The van der Waals surface area contributed by atoms with Crippen LogP contribution in [0.2, 0.25) is 0 Å². The quantitative estimate of drug-likeness (QED) is 0.268. The van der Waals surface area contributed by atoms with Gasteiger partial charge in [0.25, 0.3) is 0 Å². The first kappa shape index (κ1) is 23.4. The van der Waals surface area contributed by atoms with E-state index in [1.165, 1.54) is 24.8 Å². The average Bonchev–Trinajstić information content (AvgIpc) is 2.63. The van der Waals surface area contributed by atoms with Crippen molar-refractivity contribution in [2.75, 3.05) is 29.0 Å². The molecule has 1 aromatic rings.